The lowest BCUT2D eigenvalue weighted by atomic mass is 9.92. The first-order valence-corrected chi connectivity index (χ1v) is 7.16. The average Bonchev–Trinajstić information content (AvgIpc) is 2.46. The zero-order chi connectivity index (χ0) is 16.3. The van der Waals surface area contributed by atoms with Gasteiger partial charge in [-0.05, 0) is 50.1 Å². The van der Waals surface area contributed by atoms with Crippen LogP contribution in [0.4, 0.5) is 4.39 Å². The minimum Gasteiger partial charge on any atom is -0.350 e. The molecule has 0 aliphatic carbocycles. The standard InChI is InChI=1S/C19H20FNO/c1-13(2)17(12-22)19(15-6-8-16(20)9-7-15)18-10-5-14(3)11-21(18)4/h5-12H,1-4H3/b19-18-. The van der Waals surface area contributed by atoms with Gasteiger partial charge in [0.15, 0.2) is 6.29 Å². The van der Waals surface area contributed by atoms with Crippen molar-refractivity contribution in [3.8, 4) is 0 Å². The van der Waals surface area contributed by atoms with Gasteiger partial charge in [-0.15, -0.1) is 0 Å². The SMILES string of the molecule is CC1=CN(C)/C(=C(\C(C=O)=C(C)C)c2ccc(F)cc2)C=C1. The molecule has 1 heterocycles. The predicted molar refractivity (Wildman–Crippen MR) is 88.4 cm³/mol. The third-order valence-corrected chi connectivity index (χ3v) is 3.60. The Hall–Kier alpha value is -2.42. The highest BCUT2D eigenvalue weighted by Gasteiger charge is 2.17. The van der Waals surface area contributed by atoms with E-state index >= 15 is 0 Å². The van der Waals surface area contributed by atoms with Crippen LogP contribution in [0.1, 0.15) is 26.3 Å². The highest BCUT2D eigenvalue weighted by atomic mass is 19.1. The van der Waals surface area contributed by atoms with E-state index in [0.717, 1.165) is 34.3 Å². The maximum Gasteiger partial charge on any atom is 0.150 e. The molecule has 1 aliphatic heterocycles. The molecule has 2 rings (SSSR count). The van der Waals surface area contributed by atoms with Crippen molar-refractivity contribution in [1.29, 1.82) is 0 Å². The van der Waals surface area contributed by atoms with Crippen LogP contribution in [0.5, 0.6) is 0 Å². The molecule has 1 aliphatic rings. The first kappa shape index (κ1) is 16.0. The Labute approximate surface area is 130 Å². The fraction of sp³-hybridized carbons (Fsp3) is 0.211. The van der Waals surface area contributed by atoms with Crippen molar-refractivity contribution in [2.75, 3.05) is 7.05 Å². The lowest BCUT2D eigenvalue weighted by Crippen LogP contribution is -2.15. The van der Waals surface area contributed by atoms with Crippen LogP contribution >= 0.6 is 0 Å². The molecule has 0 amide bonds. The second-order valence-electron chi connectivity index (χ2n) is 5.62. The summed E-state index contributed by atoms with van der Waals surface area (Å²) in [5.74, 6) is -0.291. The number of rotatable bonds is 3. The third-order valence-electron chi connectivity index (χ3n) is 3.60. The van der Waals surface area contributed by atoms with Gasteiger partial charge in [0.2, 0.25) is 0 Å². The Morgan fingerprint density at radius 3 is 2.27 bits per heavy atom. The van der Waals surface area contributed by atoms with Crippen molar-refractivity contribution < 1.29 is 9.18 Å². The minimum absolute atomic E-state index is 0.291. The second-order valence-corrected chi connectivity index (χ2v) is 5.62. The Morgan fingerprint density at radius 1 is 1.14 bits per heavy atom. The van der Waals surface area contributed by atoms with Gasteiger partial charge in [-0.25, -0.2) is 4.39 Å². The number of aldehydes is 1. The van der Waals surface area contributed by atoms with Crippen LogP contribution in [-0.2, 0) is 4.79 Å². The monoisotopic (exact) mass is 297 g/mol. The largest absolute Gasteiger partial charge is 0.350 e. The van der Waals surface area contributed by atoms with Crippen molar-refractivity contribution in [2.24, 2.45) is 0 Å². The van der Waals surface area contributed by atoms with Gasteiger partial charge >= 0.3 is 0 Å². The molecule has 22 heavy (non-hydrogen) atoms. The summed E-state index contributed by atoms with van der Waals surface area (Å²) in [7, 11) is 1.94. The normalized spacial score (nSPS) is 16.2. The molecule has 0 radical (unpaired) electrons. The molecule has 0 bridgehead atoms. The van der Waals surface area contributed by atoms with E-state index in [1.54, 1.807) is 12.1 Å². The van der Waals surface area contributed by atoms with Gasteiger partial charge in [0.05, 0.1) is 0 Å². The van der Waals surface area contributed by atoms with E-state index in [0.29, 0.717) is 5.57 Å². The highest BCUT2D eigenvalue weighted by molar-refractivity contribution is 6.01. The summed E-state index contributed by atoms with van der Waals surface area (Å²) >= 11 is 0. The quantitative estimate of drug-likeness (QED) is 0.605. The van der Waals surface area contributed by atoms with Crippen LogP contribution < -0.4 is 0 Å². The molecule has 114 valence electrons. The summed E-state index contributed by atoms with van der Waals surface area (Å²) in [5, 5.41) is 0. The van der Waals surface area contributed by atoms with E-state index in [2.05, 4.69) is 0 Å². The lowest BCUT2D eigenvalue weighted by Gasteiger charge is -2.25. The smallest absolute Gasteiger partial charge is 0.150 e. The maximum absolute atomic E-state index is 13.2. The van der Waals surface area contributed by atoms with Gasteiger partial charge in [-0.2, -0.15) is 0 Å². The van der Waals surface area contributed by atoms with Gasteiger partial charge in [0, 0.05) is 30.1 Å². The van der Waals surface area contributed by atoms with E-state index in [1.165, 1.54) is 12.1 Å². The molecule has 2 nitrogen and oxygen atoms in total. The maximum atomic E-state index is 13.2. The molecule has 1 aromatic rings. The summed E-state index contributed by atoms with van der Waals surface area (Å²) in [4.78, 5) is 13.6. The first-order valence-electron chi connectivity index (χ1n) is 7.16. The highest BCUT2D eigenvalue weighted by Crippen LogP contribution is 2.32. The van der Waals surface area contributed by atoms with Crippen LogP contribution in [0, 0.1) is 5.82 Å². The van der Waals surface area contributed by atoms with Crippen LogP contribution in [-0.4, -0.2) is 18.2 Å². The summed E-state index contributed by atoms with van der Waals surface area (Å²) < 4.78 is 13.2. The van der Waals surface area contributed by atoms with Gasteiger partial charge < -0.3 is 4.90 Å². The Bertz CT molecular complexity index is 701. The number of hydrogen-bond acceptors (Lipinski definition) is 2. The number of allylic oxidation sites excluding steroid dienone is 6. The topological polar surface area (TPSA) is 20.3 Å². The molecule has 0 N–H and O–H groups in total. The van der Waals surface area contributed by atoms with Crippen molar-refractivity contribution in [3.05, 3.63) is 76.4 Å². The van der Waals surface area contributed by atoms with Gasteiger partial charge in [0.25, 0.3) is 0 Å². The Balaban J connectivity index is 2.72. The van der Waals surface area contributed by atoms with E-state index in [1.807, 2.05) is 51.1 Å². The van der Waals surface area contributed by atoms with E-state index < -0.39 is 0 Å². The Morgan fingerprint density at radius 2 is 1.77 bits per heavy atom. The summed E-state index contributed by atoms with van der Waals surface area (Å²) in [6, 6.07) is 6.24. The van der Waals surface area contributed by atoms with Crippen molar-refractivity contribution in [3.63, 3.8) is 0 Å². The average molecular weight is 297 g/mol. The van der Waals surface area contributed by atoms with Crippen molar-refractivity contribution >= 4 is 11.9 Å². The second kappa shape index (κ2) is 6.56. The lowest BCUT2D eigenvalue weighted by molar-refractivity contribution is -0.104. The molecule has 0 saturated carbocycles. The number of likely N-dealkylation sites (N-methyl/N-ethyl adjacent to an activating group) is 1. The van der Waals surface area contributed by atoms with E-state index in [9.17, 15) is 9.18 Å². The number of carbonyl (C=O) groups is 1. The van der Waals surface area contributed by atoms with E-state index in [-0.39, 0.29) is 5.82 Å². The zero-order valence-electron chi connectivity index (χ0n) is 13.4. The number of benzene rings is 1. The van der Waals surface area contributed by atoms with Gasteiger partial charge in [-0.3, -0.25) is 4.79 Å². The fourth-order valence-corrected chi connectivity index (χ4v) is 2.49. The molecule has 0 aromatic heterocycles. The number of carbonyl (C=O) groups excluding carboxylic acids is 1. The molecule has 3 heteroatoms. The number of nitrogens with zero attached hydrogens (tertiary/aromatic N) is 1. The molecule has 0 atom stereocenters. The zero-order valence-corrected chi connectivity index (χ0v) is 13.4. The minimum atomic E-state index is -0.291. The summed E-state index contributed by atoms with van der Waals surface area (Å²) in [6.07, 6.45) is 6.87. The van der Waals surface area contributed by atoms with Gasteiger partial charge in [-0.1, -0.05) is 23.8 Å². The molecule has 0 saturated heterocycles. The predicted octanol–water partition coefficient (Wildman–Crippen LogP) is 4.48. The van der Waals surface area contributed by atoms with Crippen LogP contribution in [0.3, 0.4) is 0 Å². The number of halogens is 1. The molecule has 0 fully saturated rings. The van der Waals surface area contributed by atoms with Gasteiger partial charge in [0.1, 0.15) is 5.82 Å². The van der Waals surface area contributed by atoms with Crippen LogP contribution in [0.2, 0.25) is 0 Å². The van der Waals surface area contributed by atoms with Crippen LogP contribution in [0.15, 0.2) is 65.0 Å². The molecule has 0 spiro atoms. The number of hydrogen-bond donors (Lipinski definition) is 0. The van der Waals surface area contributed by atoms with E-state index in [4.69, 9.17) is 0 Å². The fourth-order valence-electron chi connectivity index (χ4n) is 2.49. The van der Waals surface area contributed by atoms with Crippen molar-refractivity contribution in [2.45, 2.75) is 20.8 Å². The molecular formula is C19H20FNO. The summed E-state index contributed by atoms with van der Waals surface area (Å²) in [5.41, 5.74) is 5.25. The third kappa shape index (κ3) is 3.25. The Kier molecular flexibility index (Phi) is 4.76. The molecule has 0 unspecified atom stereocenters. The van der Waals surface area contributed by atoms with Crippen LogP contribution in [0.25, 0.3) is 5.57 Å². The molecular weight excluding hydrogens is 277 g/mol. The molecule has 1 aromatic carbocycles. The first-order chi connectivity index (χ1) is 10.4. The summed E-state index contributed by atoms with van der Waals surface area (Å²) in [6.45, 7) is 5.83. The van der Waals surface area contributed by atoms with Crippen molar-refractivity contribution in [1.82, 2.24) is 4.90 Å².